The molecule has 0 unspecified atom stereocenters. The van der Waals surface area contributed by atoms with Crippen LogP contribution in [0.3, 0.4) is 0 Å². The maximum absolute atomic E-state index is 12.9. The van der Waals surface area contributed by atoms with Gasteiger partial charge in [-0.1, -0.05) is 18.2 Å². The Morgan fingerprint density at radius 3 is 2.44 bits per heavy atom. The molecule has 0 bridgehead atoms. The number of methoxy groups -OCH3 is 2. The van der Waals surface area contributed by atoms with Crippen molar-refractivity contribution in [2.75, 3.05) is 14.2 Å². The maximum atomic E-state index is 12.9. The highest BCUT2D eigenvalue weighted by molar-refractivity contribution is 5.56. The van der Waals surface area contributed by atoms with Gasteiger partial charge in [0.1, 0.15) is 5.82 Å². The van der Waals surface area contributed by atoms with Crippen LogP contribution < -0.4 is 15.2 Å². The molecule has 3 aromatic rings. The number of H-pyrrole nitrogens is 1. The molecule has 142 valence electrons. The molecule has 3 N–H and O–H groups in total. The number of nitrogens with zero attached hydrogens (tertiary/aromatic N) is 2. The lowest BCUT2D eigenvalue weighted by Gasteiger charge is -2.13. The van der Waals surface area contributed by atoms with Crippen molar-refractivity contribution in [1.29, 1.82) is 0 Å². The second kappa shape index (κ2) is 7.28. The van der Waals surface area contributed by atoms with Gasteiger partial charge in [-0.05, 0) is 29.8 Å². The predicted octanol–water partition coefficient (Wildman–Crippen LogP) is 3.56. The number of alkyl halides is 3. The molecule has 0 saturated heterocycles. The number of hydrogen-bond acceptors (Lipinski definition) is 5. The van der Waals surface area contributed by atoms with Crippen LogP contribution in [-0.2, 0) is 6.18 Å². The summed E-state index contributed by atoms with van der Waals surface area (Å²) in [5.41, 5.74) is 6.37. The van der Waals surface area contributed by atoms with Gasteiger partial charge in [0.05, 0.1) is 25.8 Å². The van der Waals surface area contributed by atoms with Crippen molar-refractivity contribution in [3.05, 3.63) is 59.4 Å². The van der Waals surface area contributed by atoms with Crippen LogP contribution in [-0.4, -0.2) is 29.4 Å². The molecule has 3 rings (SSSR count). The minimum atomic E-state index is -4.44. The molecule has 1 atom stereocenters. The Hall–Kier alpha value is -3.07. The average Bonchev–Trinajstić information content (AvgIpc) is 3.16. The van der Waals surface area contributed by atoms with E-state index in [1.54, 1.807) is 18.2 Å². The van der Waals surface area contributed by atoms with E-state index in [0.717, 1.165) is 12.1 Å². The van der Waals surface area contributed by atoms with Gasteiger partial charge in [0.15, 0.2) is 17.3 Å². The Morgan fingerprint density at radius 2 is 1.78 bits per heavy atom. The van der Waals surface area contributed by atoms with Gasteiger partial charge < -0.3 is 15.2 Å². The van der Waals surface area contributed by atoms with E-state index in [0.29, 0.717) is 22.9 Å². The lowest BCUT2D eigenvalue weighted by molar-refractivity contribution is -0.137. The summed E-state index contributed by atoms with van der Waals surface area (Å²) in [5, 5.41) is 6.68. The topological polar surface area (TPSA) is 86.0 Å². The molecule has 1 heterocycles. The van der Waals surface area contributed by atoms with E-state index in [4.69, 9.17) is 15.2 Å². The van der Waals surface area contributed by atoms with Crippen molar-refractivity contribution >= 4 is 0 Å². The Morgan fingerprint density at radius 1 is 1.04 bits per heavy atom. The van der Waals surface area contributed by atoms with Gasteiger partial charge in [-0.2, -0.15) is 18.3 Å². The van der Waals surface area contributed by atoms with Gasteiger partial charge in [-0.15, -0.1) is 0 Å². The third kappa shape index (κ3) is 3.87. The summed E-state index contributed by atoms with van der Waals surface area (Å²) >= 11 is 0. The number of nitrogens with two attached hydrogens (primary N) is 1. The number of benzene rings is 2. The average molecular weight is 378 g/mol. The molecule has 6 nitrogen and oxygen atoms in total. The summed E-state index contributed by atoms with van der Waals surface area (Å²) in [7, 11) is 3.03. The first-order chi connectivity index (χ1) is 12.8. The number of rotatable bonds is 5. The molecule has 0 aliphatic carbocycles. The monoisotopic (exact) mass is 378 g/mol. The van der Waals surface area contributed by atoms with Crippen LogP contribution in [0.1, 0.15) is 23.0 Å². The summed E-state index contributed by atoms with van der Waals surface area (Å²) in [6, 6.07) is 9.29. The molecule has 0 spiro atoms. The van der Waals surface area contributed by atoms with Crippen LogP contribution in [0.15, 0.2) is 42.5 Å². The van der Waals surface area contributed by atoms with Crippen LogP contribution in [0.2, 0.25) is 0 Å². The van der Waals surface area contributed by atoms with Crippen molar-refractivity contribution in [2.45, 2.75) is 12.2 Å². The third-order valence-electron chi connectivity index (χ3n) is 4.01. The van der Waals surface area contributed by atoms with E-state index < -0.39 is 17.8 Å². The summed E-state index contributed by atoms with van der Waals surface area (Å²) in [6.45, 7) is 0. The first-order valence-electron chi connectivity index (χ1n) is 7.91. The molecule has 1 aromatic heterocycles. The van der Waals surface area contributed by atoms with Crippen LogP contribution >= 0.6 is 0 Å². The number of halogens is 3. The van der Waals surface area contributed by atoms with Crippen LogP contribution in [0, 0.1) is 0 Å². The molecule has 0 saturated carbocycles. The molecule has 0 aliphatic heterocycles. The lowest BCUT2D eigenvalue weighted by Crippen LogP contribution is -2.14. The zero-order chi connectivity index (χ0) is 19.6. The van der Waals surface area contributed by atoms with E-state index in [1.165, 1.54) is 26.4 Å². The maximum Gasteiger partial charge on any atom is 0.416 e. The number of ether oxygens (including phenoxy) is 2. The molecule has 9 heteroatoms. The van der Waals surface area contributed by atoms with Crippen molar-refractivity contribution in [1.82, 2.24) is 15.2 Å². The minimum Gasteiger partial charge on any atom is -0.493 e. The number of aromatic nitrogens is 3. The molecule has 0 fully saturated rings. The summed E-state index contributed by atoms with van der Waals surface area (Å²) in [5.74, 6) is 1.50. The van der Waals surface area contributed by atoms with Crippen molar-refractivity contribution in [2.24, 2.45) is 5.73 Å². The Balaban J connectivity index is 1.90. The lowest BCUT2D eigenvalue weighted by atomic mass is 10.1. The number of nitrogens with one attached hydrogen (secondary N) is 1. The standard InChI is InChI=1S/C18H17F3N4O2/c1-26-13-7-6-10(9-14(13)27-2)15(22)17-23-16(24-25-17)11-4-3-5-12(8-11)18(19,20)21/h3-9,15H,22H2,1-2H3,(H,23,24,25)/t15-/m1/s1. The minimum absolute atomic E-state index is 0.132. The smallest absolute Gasteiger partial charge is 0.416 e. The Bertz CT molecular complexity index is 940. The number of aromatic amines is 1. The zero-order valence-corrected chi connectivity index (χ0v) is 14.5. The third-order valence-corrected chi connectivity index (χ3v) is 4.01. The van der Waals surface area contributed by atoms with E-state index in [2.05, 4.69) is 15.2 Å². The summed E-state index contributed by atoms with van der Waals surface area (Å²) in [4.78, 5) is 4.25. The highest BCUT2D eigenvalue weighted by Gasteiger charge is 2.30. The van der Waals surface area contributed by atoms with E-state index in [-0.39, 0.29) is 11.4 Å². The quantitative estimate of drug-likeness (QED) is 0.709. The highest BCUT2D eigenvalue weighted by Crippen LogP contribution is 2.33. The van der Waals surface area contributed by atoms with Crippen LogP contribution in [0.5, 0.6) is 11.5 Å². The van der Waals surface area contributed by atoms with Crippen molar-refractivity contribution in [3.63, 3.8) is 0 Å². The SMILES string of the molecule is COc1ccc([C@@H](N)c2nc(-c3cccc(C(F)(F)F)c3)n[nH]2)cc1OC. The zero-order valence-electron chi connectivity index (χ0n) is 14.5. The number of hydrogen-bond donors (Lipinski definition) is 2. The highest BCUT2D eigenvalue weighted by atomic mass is 19.4. The van der Waals surface area contributed by atoms with Gasteiger partial charge in [-0.3, -0.25) is 5.10 Å². The molecule has 2 aromatic carbocycles. The molecule has 27 heavy (non-hydrogen) atoms. The summed E-state index contributed by atoms with van der Waals surface area (Å²) < 4.78 is 49.1. The molecule has 0 aliphatic rings. The van der Waals surface area contributed by atoms with E-state index in [9.17, 15) is 13.2 Å². The van der Waals surface area contributed by atoms with Gasteiger partial charge >= 0.3 is 6.18 Å². The van der Waals surface area contributed by atoms with Crippen LogP contribution in [0.4, 0.5) is 13.2 Å². The first-order valence-corrected chi connectivity index (χ1v) is 7.91. The molecule has 0 radical (unpaired) electrons. The predicted molar refractivity (Wildman–Crippen MR) is 92.4 cm³/mol. The fourth-order valence-electron chi connectivity index (χ4n) is 2.58. The fraction of sp³-hybridized carbons (Fsp3) is 0.222. The largest absolute Gasteiger partial charge is 0.493 e. The van der Waals surface area contributed by atoms with Crippen molar-refractivity contribution < 1.29 is 22.6 Å². The Kier molecular flexibility index (Phi) is 5.04. The van der Waals surface area contributed by atoms with E-state index >= 15 is 0 Å². The Labute approximate surface area is 153 Å². The molecule has 0 amide bonds. The van der Waals surface area contributed by atoms with Gasteiger partial charge in [0, 0.05) is 5.56 Å². The van der Waals surface area contributed by atoms with Gasteiger partial charge in [0.25, 0.3) is 0 Å². The fourth-order valence-corrected chi connectivity index (χ4v) is 2.58. The van der Waals surface area contributed by atoms with E-state index in [1.807, 2.05) is 0 Å². The molecular formula is C18H17F3N4O2. The summed E-state index contributed by atoms with van der Waals surface area (Å²) in [6.07, 6.45) is -4.44. The van der Waals surface area contributed by atoms with Crippen LogP contribution in [0.25, 0.3) is 11.4 Å². The van der Waals surface area contributed by atoms with Crippen molar-refractivity contribution in [3.8, 4) is 22.9 Å². The van der Waals surface area contributed by atoms with Gasteiger partial charge in [0.2, 0.25) is 0 Å². The molecular weight excluding hydrogens is 361 g/mol. The second-order valence-corrected chi connectivity index (χ2v) is 5.71. The van der Waals surface area contributed by atoms with Gasteiger partial charge in [-0.25, -0.2) is 4.98 Å². The second-order valence-electron chi connectivity index (χ2n) is 5.71. The normalized spacial score (nSPS) is 12.7. The first kappa shape index (κ1) is 18.7.